The van der Waals surface area contributed by atoms with E-state index in [4.69, 9.17) is 4.52 Å². The highest BCUT2D eigenvalue weighted by atomic mass is 32.2. The maximum absolute atomic E-state index is 12.8. The molecule has 0 aliphatic heterocycles. The molecule has 0 saturated heterocycles. The Bertz CT molecular complexity index is 700. The molecule has 1 saturated carbocycles. The Morgan fingerprint density at radius 1 is 1.28 bits per heavy atom. The number of aromatic nitrogens is 1. The molecule has 0 aromatic carbocycles. The van der Waals surface area contributed by atoms with Crippen LogP contribution in [0.15, 0.2) is 10.6 Å². The van der Waals surface area contributed by atoms with Crippen LogP contribution in [0.3, 0.4) is 0 Å². The van der Waals surface area contributed by atoms with Crippen molar-refractivity contribution in [1.82, 2.24) is 15.8 Å². The van der Waals surface area contributed by atoms with E-state index in [1.54, 1.807) is 19.9 Å². The van der Waals surface area contributed by atoms with Gasteiger partial charge in [0.25, 0.3) is 0 Å². The monoisotopic (exact) mass is 424 g/mol. The van der Waals surface area contributed by atoms with Crippen LogP contribution in [0, 0.1) is 6.92 Å². The molecule has 1 fully saturated rings. The quantitative estimate of drug-likeness (QED) is 0.498. The summed E-state index contributed by atoms with van der Waals surface area (Å²) in [4.78, 5) is 37.6. The van der Waals surface area contributed by atoms with E-state index >= 15 is 0 Å². The number of nitrogens with one attached hydrogen (secondary N) is 3. The average molecular weight is 425 g/mol. The van der Waals surface area contributed by atoms with Gasteiger partial charge in [-0.3, -0.25) is 14.4 Å². The number of thioether (sulfide) groups is 1. The van der Waals surface area contributed by atoms with Gasteiger partial charge in [0.1, 0.15) is 11.3 Å². The zero-order valence-electron chi connectivity index (χ0n) is 17.5. The highest BCUT2D eigenvalue weighted by molar-refractivity contribution is 8.01. The third-order valence-corrected chi connectivity index (χ3v) is 6.19. The Kier molecular flexibility index (Phi) is 9.00. The summed E-state index contributed by atoms with van der Waals surface area (Å²) in [6.45, 7) is 6.17. The van der Waals surface area contributed by atoms with Crippen molar-refractivity contribution in [2.75, 3.05) is 17.6 Å². The van der Waals surface area contributed by atoms with E-state index < -0.39 is 10.8 Å². The maximum Gasteiger partial charge on any atom is 0.245 e. The molecule has 162 valence electrons. The van der Waals surface area contributed by atoms with Crippen molar-refractivity contribution in [3.63, 3.8) is 0 Å². The zero-order valence-corrected chi connectivity index (χ0v) is 18.3. The van der Waals surface area contributed by atoms with Crippen LogP contribution in [-0.2, 0) is 14.4 Å². The number of hydrogen-bond acceptors (Lipinski definition) is 6. The molecule has 1 heterocycles. The van der Waals surface area contributed by atoms with Crippen LogP contribution < -0.4 is 16.0 Å². The molecule has 0 bridgehead atoms. The third-order valence-electron chi connectivity index (χ3n) is 5.05. The number of amides is 3. The molecule has 1 unspecified atom stereocenters. The Morgan fingerprint density at radius 3 is 2.62 bits per heavy atom. The average Bonchev–Trinajstić information content (AvgIpc) is 3.11. The number of hydrogen-bond donors (Lipinski definition) is 3. The van der Waals surface area contributed by atoms with Gasteiger partial charge in [-0.2, -0.15) is 0 Å². The first-order chi connectivity index (χ1) is 13.9. The SMILES string of the molecule is CCCCNC(=O)C1(NC(=O)CSC(C)C(=O)Nc2cc(C)on2)CCCCC1. The summed E-state index contributed by atoms with van der Waals surface area (Å²) in [5, 5.41) is 11.9. The number of carbonyl (C=O) groups is 3. The predicted octanol–water partition coefficient (Wildman–Crippen LogP) is 2.78. The minimum absolute atomic E-state index is 0.0869. The molecule has 8 nitrogen and oxygen atoms in total. The third kappa shape index (κ3) is 7.06. The summed E-state index contributed by atoms with van der Waals surface area (Å²) < 4.78 is 4.92. The van der Waals surface area contributed by atoms with E-state index in [1.807, 2.05) is 0 Å². The summed E-state index contributed by atoms with van der Waals surface area (Å²) in [6, 6.07) is 1.63. The summed E-state index contributed by atoms with van der Waals surface area (Å²) in [5.41, 5.74) is -0.826. The Hall–Kier alpha value is -2.03. The van der Waals surface area contributed by atoms with Crippen molar-refractivity contribution in [1.29, 1.82) is 0 Å². The highest BCUT2D eigenvalue weighted by Gasteiger charge is 2.40. The first-order valence-electron chi connectivity index (χ1n) is 10.3. The fourth-order valence-corrected chi connectivity index (χ4v) is 4.03. The van der Waals surface area contributed by atoms with Gasteiger partial charge in [0.05, 0.1) is 11.0 Å². The van der Waals surface area contributed by atoms with Crippen molar-refractivity contribution in [3.8, 4) is 0 Å². The van der Waals surface area contributed by atoms with Gasteiger partial charge in [-0.15, -0.1) is 11.8 Å². The molecule has 3 amide bonds. The highest BCUT2D eigenvalue weighted by Crippen LogP contribution is 2.29. The summed E-state index contributed by atoms with van der Waals surface area (Å²) in [5.74, 6) is 0.511. The number of carbonyl (C=O) groups excluding carboxylic acids is 3. The molecular weight excluding hydrogens is 392 g/mol. The maximum atomic E-state index is 12.8. The second-order valence-corrected chi connectivity index (χ2v) is 8.89. The topological polar surface area (TPSA) is 113 Å². The molecule has 1 aliphatic rings. The van der Waals surface area contributed by atoms with Gasteiger partial charge in [0.2, 0.25) is 17.7 Å². The van der Waals surface area contributed by atoms with E-state index in [0.717, 1.165) is 32.1 Å². The van der Waals surface area contributed by atoms with Crippen LogP contribution in [0.5, 0.6) is 0 Å². The summed E-state index contributed by atoms with van der Waals surface area (Å²) >= 11 is 1.22. The van der Waals surface area contributed by atoms with E-state index in [-0.39, 0.29) is 23.5 Å². The number of aryl methyl sites for hydroxylation is 1. The number of rotatable bonds is 10. The molecule has 1 aromatic heterocycles. The van der Waals surface area contributed by atoms with Crippen LogP contribution in [-0.4, -0.2) is 46.0 Å². The molecule has 1 aromatic rings. The fourth-order valence-electron chi connectivity index (χ4n) is 3.34. The molecule has 1 aliphatic carbocycles. The number of anilines is 1. The van der Waals surface area contributed by atoms with Gasteiger partial charge in [-0.25, -0.2) is 0 Å². The van der Waals surface area contributed by atoms with Crippen molar-refractivity contribution in [2.24, 2.45) is 0 Å². The lowest BCUT2D eigenvalue weighted by atomic mass is 9.80. The van der Waals surface area contributed by atoms with Gasteiger partial charge in [-0.05, 0) is 33.1 Å². The van der Waals surface area contributed by atoms with Crippen molar-refractivity contribution in [3.05, 3.63) is 11.8 Å². The summed E-state index contributed by atoms with van der Waals surface area (Å²) in [7, 11) is 0. The van der Waals surface area contributed by atoms with Gasteiger partial charge in [-0.1, -0.05) is 37.8 Å². The van der Waals surface area contributed by atoms with Gasteiger partial charge < -0.3 is 20.5 Å². The van der Waals surface area contributed by atoms with Crippen LogP contribution in [0.4, 0.5) is 5.82 Å². The standard InChI is InChI=1S/C20H32N4O4S/c1-4-5-11-21-19(27)20(9-7-6-8-10-20)23-17(25)13-29-15(3)18(26)22-16-12-14(2)28-24-16/h12,15H,4-11,13H2,1-3H3,(H,21,27)(H,23,25)(H,22,24,26). The van der Waals surface area contributed by atoms with Crippen LogP contribution in [0.2, 0.25) is 0 Å². The molecule has 1 atom stereocenters. The largest absolute Gasteiger partial charge is 0.360 e. The van der Waals surface area contributed by atoms with Crippen molar-refractivity contribution in [2.45, 2.75) is 76.5 Å². The smallest absolute Gasteiger partial charge is 0.245 e. The molecular formula is C20H32N4O4S. The van der Waals surface area contributed by atoms with Crippen molar-refractivity contribution >= 4 is 35.3 Å². The lowest BCUT2D eigenvalue weighted by Gasteiger charge is -2.36. The minimum atomic E-state index is -0.826. The zero-order chi connectivity index (χ0) is 21.3. The van der Waals surface area contributed by atoms with Gasteiger partial charge >= 0.3 is 0 Å². The predicted molar refractivity (Wildman–Crippen MR) is 114 cm³/mol. The van der Waals surface area contributed by atoms with E-state index in [9.17, 15) is 14.4 Å². The van der Waals surface area contributed by atoms with Crippen molar-refractivity contribution < 1.29 is 18.9 Å². The lowest BCUT2D eigenvalue weighted by molar-refractivity contribution is -0.134. The summed E-state index contributed by atoms with van der Waals surface area (Å²) in [6.07, 6.45) is 6.15. The number of nitrogens with zero attached hydrogens (tertiary/aromatic N) is 1. The van der Waals surface area contributed by atoms with E-state index in [1.165, 1.54) is 11.8 Å². The van der Waals surface area contributed by atoms with Crippen LogP contribution >= 0.6 is 11.8 Å². The fraction of sp³-hybridized carbons (Fsp3) is 0.700. The minimum Gasteiger partial charge on any atom is -0.360 e. The Balaban J connectivity index is 1.85. The van der Waals surface area contributed by atoms with Gasteiger partial charge in [0, 0.05) is 12.6 Å². The van der Waals surface area contributed by atoms with E-state index in [2.05, 4.69) is 28.0 Å². The molecule has 3 N–H and O–H groups in total. The van der Waals surface area contributed by atoms with Crippen LogP contribution in [0.1, 0.15) is 64.6 Å². The molecule has 0 radical (unpaired) electrons. The Morgan fingerprint density at radius 2 is 2.00 bits per heavy atom. The first kappa shape index (κ1) is 23.3. The molecule has 29 heavy (non-hydrogen) atoms. The van der Waals surface area contributed by atoms with E-state index in [0.29, 0.717) is 31.0 Å². The van der Waals surface area contributed by atoms with Crippen LogP contribution in [0.25, 0.3) is 0 Å². The number of unbranched alkanes of at least 4 members (excludes halogenated alkanes) is 1. The molecule has 0 spiro atoms. The first-order valence-corrected chi connectivity index (χ1v) is 11.4. The normalized spacial score (nSPS) is 16.7. The lowest BCUT2D eigenvalue weighted by Crippen LogP contribution is -2.60. The second kappa shape index (κ2) is 11.2. The molecule has 2 rings (SSSR count). The molecule has 9 heteroatoms. The van der Waals surface area contributed by atoms with Gasteiger partial charge in [0.15, 0.2) is 5.82 Å². The Labute approximate surface area is 176 Å². The second-order valence-electron chi connectivity index (χ2n) is 7.57.